The van der Waals surface area contributed by atoms with E-state index in [1.165, 1.54) is 12.3 Å². The Labute approximate surface area is 82.1 Å². The third kappa shape index (κ3) is 24.1. The smallest absolute Gasteiger partial charge is 0.276 e. The Morgan fingerprint density at radius 1 is 1.38 bits per heavy atom. The number of hydrogen-bond donors (Lipinski definition) is 0. The van der Waals surface area contributed by atoms with Crippen molar-refractivity contribution in [1.29, 1.82) is 0 Å². The molecule has 0 aliphatic rings. The van der Waals surface area contributed by atoms with Crippen LogP contribution >= 0.6 is 37.7 Å². The Bertz CT molecular complexity index is 31.6. The molecule has 0 aromatic heterocycles. The van der Waals surface area contributed by atoms with Crippen LogP contribution < -0.4 is 0 Å². The standard InChI is InChI=1S/C5H11.2HI.Mg/c1-4-5(2)3;;;/h4H2,1-3H3;2*1H;/q;;;+2/p-2. The number of rotatable bonds is 1. The zero-order valence-electron chi connectivity index (χ0n) is 5.67. The summed E-state index contributed by atoms with van der Waals surface area (Å²) >= 11 is 5.18. The molecular formula is C5H11I2Mg. The molecule has 0 aliphatic carbocycles. The molecule has 0 amide bonds. The topological polar surface area (TPSA) is 0 Å². The third-order valence-electron chi connectivity index (χ3n) is 0.707. The van der Waals surface area contributed by atoms with Gasteiger partial charge in [-0.05, 0) is 5.92 Å². The lowest BCUT2D eigenvalue weighted by Crippen LogP contribution is -1.73. The molecule has 0 aliphatic heterocycles. The lowest BCUT2D eigenvalue weighted by atomic mass is 10.2. The fourth-order valence-electron chi connectivity index (χ4n) is 0. The average Bonchev–Trinajstić information content (AvgIpc) is 1.69. The van der Waals surface area contributed by atoms with Crippen molar-refractivity contribution in [3.05, 3.63) is 5.92 Å². The van der Waals surface area contributed by atoms with E-state index in [-0.39, 0.29) is 0 Å². The Morgan fingerprint density at radius 3 is 1.50 bits per heavy atom. The molecule has 0 rings (SSSR count). The summed E-state index contributed by atoms with van der Waals surface area (Å²) in [6, 6.07) is 0. The lowest BCUT2D eigenvalue weighted by Gasteiger charge is -1.89. The van der Waals surface area contributed by atoms with Crippen molar-refractivity contribution in [2.75, 3.05) is 0 Å². The first-order valence-electron chi connectivity index (χ1n) is 2.60. The van der Waals surface area contributed by atoms with Crippen molar-refractivity contribution in [2.45, 2.75) is 27.2 Å². The molecule has 0 N–H and O–H groups in total. The van der Waals surface area contributed by atoms with Gasteiger partial charge in [-0.15, -0.1) is 0 Å². The Kier molecular flexibility index (Phi) is 19.2. The molecule has 47 valence electrons. The van der Waals surface area contributed by atoms with Gasteiger partial charge in [0.05, 0.1) is 0 Å². The Hall–Kier alpha value is 2.23. The summed E-state index contributed by atoms with van der Waals surface area (Å²) in [7, 11) is 0. The average molecular weight is 349 g/mol. The third-order valence-corrected chi connectivity index (χ3v) is 0.707. The van der Waals surface area contributed by atoms with Gasteiger partial charge < -0.3 is 0 Å². The zero-order valence-corrected chi connectivity index (χ0v) is 11.4. The summed E-state index contributed by atoms with van der Waals surface area (Å²) in [5.74, 6) is 1.50. The molecule has 1 radical (unpaired) electrons. The molecule has 0 nitrogen and oxygen atoms in total. The second-order valence-electron chi connectivity index (χ2n) is 1.66. The molecule has 0 atom stereocenters. The van der Waals surface area contributed by atoms with E-state index < -0.39 is 0 Å². The summed E-state index contributed by atoms with van der Waals surface area (Å²) in [4.78, 5) is 0. The van der Waals surface area contributed by atoms with Gasteiger partial charge in [-0.3, -0.25) is 37.7 Å². The normalized spacial score (nSPS) is 7.25. The Morgan fingerprint density at radius 2 is 1.50 bits per heavy atom. The van der Waals surface area contributed by atoms with Gasteiger partial charge >= 0.3 is 12.6 Å². The molecule has 0 unspecified atom stereocenters. The summed E-state index contributed by atoms with van der Waals surface area (Å²) in [5, 5.41) is 0. The van der Waals surface area contributed by atoms with Gasteiger partial charge in [-0.1, -0.05) is 27.2 Å². The second-order valence-corrected chi connectivity index (χ2v) is 15.2. The van der Waals surface area contributed by atoms with E-state index in [1.54, 1.807) is 0 Å². The first kappa shape index (κ1) is 12.9. The van der Waals surface area contributed by atoms with E-state index in [2.05, 4.69) is 58.5 Å². The Balaban J connectivity index is 0. The van der Waals surface area contributed by atoms with Gasteiger partial charge in [-0.2, -0.15) is 0 Å². The highest BCUT2D eigenvalue weighted by Gasteiger charge is 1.80. The van der Waals surface area contributed by atoms with Crippen LogP contribution in [0.4, 0.5) is 0 Å². The first-order valence-corrected chi connectivity index (χ1v) is 12.8. The van der Waals surface area contributed by atoms with Crippen LogP contribution in [0, 0.1) is 5.92 Å². The van der Waals surface area contributed by atoms with Crippen molar-refractivity contribution in [3.63, 3.8) is 0 Å². The molecule has 0 aromatic rings. The van der Waals surface area contributed by atoms with Crippen LogP contribution in [-0.4, -0.2) is 12.6 Å². The van der Waals surface area contributed by atoms with E-state index in [4.69, 9.17) is 0 Å². The number of hydrogen-bond acceptors (Lipinski definition) is 0. The maximum absolute atomic E-state index is 2.41. The van der Waals surface area contributed by atoms with Crippen molar-refractivity contribution in [3.8, 4) is 0 Å². The fraction of sp³-hybridized carbons (Fsp3) is 0.800. The van der Waals surface area contributed by atoms with Crippen LogP contribution in [0.2, 0.25) is 0 Å². The molecule has 0 bridgehead atoms. The largest absolute Gasteiger partial charge is 0.552 e. The molecule has 0 saturated heterocycles. The van der Waals surface area contributed by atoms with Gasteiger partial charge in [0.25, 0.3) is 0 Å². The van der Waals surface area contributed by atoms with Crippen LogP contribution in [0.3, 0.4) is 0 Å². The van der Waals surface area contributed by atoms with Crippen LogP contribution in [0.25, 0.3) is 0 Å². The van der Waals surface area contributed by atoms with E-state index in [1.807, 2.05) is 0 Å². The van der Waals surface area contributed by atoms with Gasteiger partial charge in [0.2, 0.25) is 0 Å². The highest BCUT2D eigenvalue weighted by atomic mass is 127. The van der Waals surface area contributed by atoms with Gasteiger partial charge in [0, 0.05) is 0 Å². The summed E-state index contributed by atoms with van der Waals surface area (Å²) in [6.07, 6.45) is 1.22. The summed E-state index contributed by atoms with van der Waals surface area (Å²) < 4.78 is 0. The minimum Gasteiger partial charge on any atom is -0.276 e. The van der Waals surface area contributed by atoms with Crippen molar-refractivity contribution in [1.82, 2.24) is 0 Å². The monoisotopic (exact) mass is 349 g/mol. The van der Waals surface area contributed by atoms with Crippen molar-refractivity contribution < 1.29 is 0 Å². The minimum absolute atomic E-state index is 0.357. The molecule has 8 heavy (non-hydrogen) atoms. The SMILES string of the molecule is CC[C](C)C.[I][Mg][I]. The van der Waals surface area contributed by atoms with Crippen LogP contribution in [-0.2, 0) is 0 Å². The molecule has 0 aromatic carbocycles. The van der Waals surface area contributed by atoms with Crippen LogP contribution in [0.1, 0.15) is 27.2 Å². The molecule has 0 heterocycles. The van der Waals surface area contributed by atoms with Crippen molar-refractivity contribution in [2.24, 2.45) is 0 Å². The quantitative estimate of drug-likeness (QED) is 0.503. The van der Waals surface area contributed by atoms with Gasteiger partial charge in [-0.25, -0.2) is 0 Å². The highest BCUT2D eigenvalue weighted by molar-refractivity contribution is 14.3. The molecule has 3 heteroatoms. The van der Waals surface area contributed by atoms with E-state index in [0.29, 0.717) is 12.6 Å². The van der Waals surface area contributed by atoms with Crippen molar-refractivity contribution >= 4 is 50.3 Å². The minimum atomic E-state index is 0.357. The second kappa shape index (κ2) is 12.0. The maximum Gasteiger partial charge on any atom is 0.552 e. The highest BCUT2D eigenvalue weighted by Crippen LogP contribution is 1.97. The predicted octanol–water partition coefficient (Wildman–Crippen LogP) is 3.40. The molecular weight excluding hydrogens is 338 g/mol. The van der Waals surface area contributed by atoms with Gasteiger partial charge in [0.1, 0.15) is 0 Å². The van der Waals surface area contributed by atoms with Gasteiger partial charge in [0.15, 0.2) is 0 Å². The first-order chi connectivity index (χ1) is 3.68. The molecule has 0 saturated carbocycles. The molecule has 0 fully saturated rings. The molecule has 0 spiro atoms. The lowest BCUT2D eigenvalue weighted by molar-refractivity contribution is 0.923. The van der Waals surface area contributed by atoms with Crippen LogP contribution in [0.15, 0.2) is 0 Å². The van der Waals surface area contributed by atoms with E-state index >= 15 is 0 Å². The maximum atomic E-state index is 2.41. The zero-order chi connectivity index (χ0) is 6.99. The number of halogens is 2. The summed E-state index contributed by atoms with van der Waals surface area (Å²) in [6.45, 7) is 6.44. The summed E-state index contributed by atoms with van der Waals surface area (Å²) in [5.41, 5.74) is 0. The van der Waals surface area contributed by atoms with E-state index in [0.717, 1.165) is 0 Å². The van der Waals surface area contributed by atoms with Crippen LogP contribution in [0.5, 0.6) is 0 Å². The fourth-order valence-corrected chi connectivity index (χ4v) is 0. The van der Waals surface area contributed by atoms with E-state index in [9.17, 15) is 0 Å². The predicted molar refractivity (Wildman–Crippen MR) is 58.7 cm³/mol.